The minimum atomic E-state index is 0.726. The number of methoxy groups -OCH3 is 2. The second-order valence-corrected chi connectivity index (χ2v) is 4.87. The van der Waals surface area contributed by atoms with Crippen molar-refractivity contribution in [2.24, 2.45) is 5.73 Å². The van der Waals surface area contributed by atoms with E-state index in [9.17, 15) is 0 Å². The largest absolute Gasteiger partial charge is 0.496 e. The topological polar surface area (TPSA) is 57.4 Å². The third-order valence-electron chi connectivity index (χ3n) is 3.46. The van der Waals surface area contributed by atoms with Gasteiger partial charge in [-0.05, 0) is 56.5 Å². The van der Waals surface area contributed by atoms with E-state index < -0.39 is 0 Å². The van der Waals surface area contributed by atoms with Gasteiger partial charge in [0, 0.05) is 11.1 Å². The van der Waals surface area contributed by atoms with Gasteiger partial charge in [0.05, 0.1) is 14.2 Å². The molecule has 2 rings (SSSR count). The highest BCUT2D eigenvalue weighted by atomic mass is 16.5. The zero-order chi connectivity index (χ0) is 14.5. The second kappa shape index (κ2) is 6.57. The van der Waals surface area contributed by atoms with Crippen molar-refractivity contribution in [1.29, 1.82) is 0 Å². The zero-order valence-electron chi connectivity index (χ0n) is 12.4. The number of unbranched alkanes of at least 4 members (excludes halogenated alkanes) is 1. The van der Waals surface area contributed by atoms with Crippen molar-refractivity contribution in [1.82, 2.24) is 4.98 Å². The van der Waals surface area contributed by atoms with E-state index in [1.165, 1.54) is 0 Å². The van der Waals surface area contributed by atoms with Gasteiger partial charge in [-0.2, -0.15) is 0 Å². The Kier molecular flexibility index (Phi) is 4.79. The van der Waals surface area contributed by atoms with Crippen LogP contribution in [0.4, 0.5) is 0 Å². The Bertz CT molecular complexity index is 597. The molecule has 0 unspecified atom stereocenters. The Morgan fingerprint density at radius 2 is 1.80 bits per heavy atom. The van der Waals surface area contributed by atoms with Crippen molar-refractivity contribution in [3.05, 3.63) is 29.5 Å². The molecule has 0 saturated heterocycles. The Labute approximate surface area is 119 Å². The van der Waals surface area contributed by atoms with E-state index in [4.69, 9.17) is 20.2 Å². The molecule has 4 nitrogen and oxygen atoms in total. The van der Waals surface area contributed by atoms with E-state index in [1.807, 2.05) is 12.1 Å². The Balaban J connectivity index is 2.51. The van der Waals surface area contributed by atoms with Gasteiger partial charge in [-0.3, -0.25) is 0 Å². The number of pyridine rings is 1. The molecule has 1 aromatic heterocycles. The van der Waals surface area contributed by atoms with Gasteiger partial charge in [0.2, 0.25) is 0 Å². The highest BCUT2D eigenvalue weighted by molar-refractivity contribution is 5.92. The summed E-state index contributed by atoms with van der Waals surface area (Å²) in [4.78, 5) is 4.74. The fourth-order valence-electron chi connectivity index (χ4n) is 2.46. The molecular weight excluding hydrogens is 252 g/mol. The summed E-state index contributed by atoms with van der Waals surface area (Å²) < 4.78 is 10.9. The normalized spacial score (nSPS) is 10.8. The maximum absolute atomic E-state index is 5.54. The lowest BCUT2D eigenvalue weighted by Gasteiger charge is -2.13. The van der Waals surface area contributed by atoms with Crippen LogP contribution >= 0.6 is 0 Å². The second-order valence-electron chi connectivity index (χ2n) is 4.87. The zero-order valence-corrected chi connectivity index (χ0v) is 12.4. The molecule has 0 aliphatic rings. The summed E-state index contributed by atoms with van der Waals surface area (Å²) in [5, 5.41) is 1.02. The van der Waals surface area contributed by atoms with Crippen LogP contribution in [0.2, 0.25) is 0 Å². The summed E-state index contributed by atoms with van der Waals surface area (Å²) in [6.45, 7) is 2.81. The first-order valence-corrected chi connectivity index (χ1v) is 6.92. The first kappa shape index (κ1) is 14.6. The number of hydrogen-bond donors (Lipinski definition) is 1. The number of ether oxygens (including phenoxy) is 2. The van der Waals surface area contributed by atoms with Crippen LogP contribution in [-0.4, -0.2) is 25.7 Å². The predicted molar refractivity (Wildman–Crippen MR) is 81.6 cm³/mol. The quantitative estimate of drug-likeness (QED) is 0.823. The fraction of sp³-hybridized carbons (Fsp3) is 0.438. The number of hydrogen-bond acceptors (Lipinski definition) is 4. The molecule has 108 valence electrons. The molecule has 0 fully saturated rings. The molecule has 0 spiro atoms. The van der Waals surface area contributed by atoms with Gasteiger partial charge >= 0.3 is 0 Å². The van der Waals surface area contributed by atoms with E-state index in [2.05, 4.69) is 13.0 Å². The van der Waals surface area contributed by atoms with Gasteiger partial charge in [0.1, 0.15) is 17.0 Å². The lowest BCUT2D eigenvalue weighted by molar-refractivity contribution is 0.409. The monoisotopic (exact) mass is 274 g/mol. The van der Waals surface area contributed by atoms with Crippen molar-refractivity contribution in [3.63, 3.8) is 0 Å². The number of benzene rings is 1. The van der Waals surface area contributed by atoms with Crippen LogP contribution in [0.25, 0.3) is 10.9 Å². The number of nitrogens with zero attached hydrogens (tertiary/aromatic N) is 1. The maximum atomic E-state index is 5.54. The third-order valence-corrected chi connectivity index (χ3v) is 3.46. The number of fused-ring (bicyclic) bond motifs is 1. The molecular formula is C16H22N2O2. The van der Waals surface area contributed by atoms with Gasteiger partial charge in [-0.25, -0.2) is 4.98 Å². The van der Waals surface area contributed by atoms with Crippen LogP contribution in [0.3, 0.4) is 0 Å². The van der Waals surface area contributed by atoms with Crippen molar-refractivity contribution in [2.75, 3.05) is 20.8 Å². The number of rotatable bonds is 6. The third kappa shape index (κ3) is 2.85. The summed E-state index contributed by atoms with van der Waals surface area (Å²) in [7, 11) is 3.34. The summed E-state index contributed by atoms with van der Waals surface area (Å²) >= 11 is 0. The van der Waals surface area contributed by atoms with Crippen LogP contribution in [0.1, 0.15) is 24.1 Å². The molecule has 0 aliphatic carbocycles. The van der Waals surface area contributed by atoms with E-state index in [0.29, 0.717) is 0 Å². The highest BCUT2D eigenvalue weighted by Crippen LogP contribution is 2.34. The van der Waals surface area contributed by atoms with E-state index in [-0.39, 0.29) is 0 Å². The highest BCUT2D eigenvalue weighted by Gasteiger charge is 2.12. The molecule has 0 amide bonds. The number of aromatic nitrogens is 1. The van der Waals surface area contributed by atoms with Gasteiger partial charge < -0.3 is 15.2 Å². The summed E-state index contributed by atoms with van der Waals surface area (Å²) in [6, 6.07) is 5.95. The average molecular weight is 274 g/mol. The number of nitrogens with two attached hydrogens (primary N) is 1. The molecule has 0 saturated carbocycles. The van der Waals surface area contributed by atoms with E-state index in [0.717, 1.165) is 59.5 Å². The molecule has 0 bridgehead atoms. The van der Waals surface area contributed by atoms with Crippen LogP contribution in [-0.2, 0) is 6.42 Å². The molecule has 0 radical (unpaired) electrons. The molecule has 4 heteroatoms. The molecule has 2 N–H and O–H groups in total. The van der Waals surface area contributed by atoms with Crippen LogP contribution in [0.15, 0.2) is 18.2 Å². The summed E-state index contributed by atoms with van der Waals surface area (Å²) in [5.41, 5.74) is 8.65. The SMILES string of the molecule is COc1ccc(OC)c2c(C)cc(CCCCN)nc12. The maximum Gasteiger partial charge on any atom is 0.145 e. The summed E-state index contributed by atoms with van der Waals surface area (Å²) in [6.07, 6.45) is 3.02. The molecule has 20 heavy (non-hydrogen) atoms. The Morgan fingerprint density at radius 1 is 1.10 bits per heavy atom. The molecule has 0 aliphatic heterocycles. The molecule has 2 aromatic rings. The molecule has 1 heterocycles. The van der Waals surface area contributed by atoms with Crippen LogP contribution in [0.5, 0.6) is 11.5 Å². The molecule has 1 aromatic carbocycles. The minimum absolute atomic E-state index is 0.726. The average Bonchev–Trinajstić information content (AvgIpc) is 2.46. The standard InChI is InChI=1S/C16H22N2O2/c1-11-10-12(6-4-5-9-17)18-16-14(20-3)8-7-13(19-2)15(11)16/h7-8,10H,4-6,9,17H2,1-3H3. The van der Waals surface area contributed by atoms with Gasteiger partial charge in [-0.1, -0.05) is 0 Å². The smallest absolute Gasteiger partial charge is 0.145 e. The predicted octanol–water partition coefficient (Wildman–Crippen LogP) is 2.84. The van der Waals surface area contributed by atoms with E-state index in [1.54, 1.807) is 14.2 Å². The summed E-state index contributed by atoms with van der Waals surface area (Å²) in [5.74, 6) is 1.61. The first-order chi connectivity index (χ1) is 9.71. The first-order valence-electron chi connectivity index (χ1n) is 6.92. The lowest BCUT2D eigenvalue weighted by atomic mass is 10.0. The van der Waals surface area contributed by atoms with Crippen molar-refractivity contribution in [3.8, 4) is 11.5 Å². The van der Waals surface area contributed by atoms with Crippen molar-refractivity contribution >= 4 is 10.9 Å². The van der Waals surface area contributed by atoms with Crippen LogP contribution < -0.4 is 15.2 Å². The van der Waals surface area contributed by atoms with E-state index >= 15 is 0 Å². The lowest BCUT2D eigenvalue weighted by Crippen LogP contribution is -2.01. The Hall–Kier alpha value is -1.81. The van der Waals surface area contributed by atoms with Gasteiger partial charge in [-0.15, -0.1) is 0 Å². The van der Waals surface area contributed by atoms with Crippen LogP contribution in [0, 0.1) is 6.92 Å². The number of aryl methyl sites for hydroxylation is 2. The van der Waals surface area contributed by atoms with Gasteiger partial charge in [0.25, 0.3) is 0 Å². The van der Waals surface area contributed by atoms with Crippen molar-refractivity contribution < 1.29 is 9.47 Å². The van der Waals surface area contributed by atoms with Crippen molar-refractivity contribution in [2.45, 2.75) is 26.2 Å². The Morgan fingerprint density at radius 3 is 2.45 bits per heavy atom. The van der Waals surface area contributed by atoms with Gasteiger partial charge in [0.15, 0.2) is 0 Å². The minimum Gasteiger partial charge on any atom is -0.496 e. The molecule has 0 atom stereocenters. The fourth-order valence-corrected chi connectivity index (χ4v) is 2.46.